The summed E-state index contributed by atoms with van der Waals surface area (Å²) in [5.41, 5.74) is 2.28. The number of halogens is 1. The number of amides is 1. The number of ether oxygens (including phenoxy) is 1. The van der Waals surface area contributed by atoms with Crippen molar-refractivity contribution in [2.75, 3.05) is 7.11 Å². The highest BCUT2D eigenvalue weighted by molar-refractivity contribution is 6.38. The number of benzene rings is 2. The van der Waals surface area contributed by atoms with E-state index in [9.17, 15) is 15.2 Å². The molecule has 0 unspecified atom stereocenters. The molecule has 1 amide bonds. The number of nitriles is 1. The number of para-hydroxylation sites is 1. The summed E-state index contributed by atoms with van der Waals surface area (Å²) in [6.07, 6.45) is 1.51. The summed E-state index contributed by atoms with van der Waals surface area (Å²) in [5.74, 6) is 0.204. The summed E-state index contributed by atoms with van der Waals surface area (Å²) < 4.78 is 11.4. The van der Waals surface area contributed by atoms with Crippen LogP contribution in [-0.2, 0) is 0 Å². The van der Waals surface area contributed by atoms with Crippen LogP contribution in [0.3, 0.4) is 0 Å². The molecule has 6 nitrogen and oxygen atoms in total. The third-order valence-electron chi connectivity index (χ3n) is 5.22. The predicted octanol–water partition coefficient (Wildman–Crippen LogP) is 4.28. The fraction of sp³-hybridized carbons (Fsp3) is 0.273. The van der Waals surface area contributed by atoms with E-state index in [0.29, 0.717) is 52.7 Å². The van der Waals surface area contributed by atoms with Crippen molar-refractivity contribution in [1.82, 2.24) is 5.32 Å². The van der Waals surface area contributed by atoms with Crippen molar-refractivity contribution in [3.63, 3.8) is 0 Å². The van der Waals surface area contributed by atoms with Gasteiger partial charge < -0.3 is 19.6 Å². The summed E-state index contributed by atoms with van der Waals surface area (Å²) in [5, 5.41) is 22.6. The van der Waals surface area contributed by atoms with E-state index in [-0.39, 0.29) is 16.8 Å². The van der Waals surface area contributed by atoms with Crippen molar-refractivity contribution < 1.29 is 19.1 Å². The van der Waals surface area contributed by atoms with Gasteiger partial charge in [-0.05, 0) is 43.5 Å². The van der Waals surface area contributed by atoms with Gasteiger partial charge in [0.05, 0.1) is 29.9 Å². The van der Waals surface area contributed by atoms with Gasteiger partial charge in [0.15, 0.2) is 0 Å². The van der Waals surface area contributed by atoms with Crippen LogP contribution in [0.5, 0.6) is 5.75 Å². The number of carbonyl (C=O) groups excluding carboxylic acids is 1. The van der Waals surface area contributed by atoms with Crippen molar-refractivity contribution in [3.05, 3.63) is 52.7 Å². The second kappa shape index (κ2) is 7.78. The molecular weight excluding hydrogens is 392 g/mol. The average molecular weight is 411 g/mol. The Kier molecular flexibility index (Phi) is 5.18. The molecule has 4 rings (SSSR count). The van der Waals surface area contributed by atoms with E-state index in [1.165, 1.54) is 0 Å². The Labute approximate surface area is 172 Å². The predicted molar refractivity (Wildman–Crippen MR) is 109 cm³/mol. The van der Waals surface area contributed by atoms with E-state index < -0.39 is 12.0 Å². The highest BCUT2D eigenvalue weighted by Crippen LogP contribution is 2.40. The molecule has 1 saturated carbocycles. The van der Waals surface area contributed by atoms with Crippen molar-refractivity contribution in [2.45, 2.75) is 31.4 Å². The normalized spacial score (nSPS) is 18.6. The molecule has 3 aromatic rings. The topological polar surface area (TPSA) is 95.5 Å². The number of fused-ring (bicyclic) bond motifs is 1. The fourth-order valence-electron chi connectivity index (χ4n) is 3.77. The molecule has 0 bridgehead atoms. The largest absolute Gasteiger partial charge is 0.496 e. The number of hydrogen-bond donors (Lipinski definition) is 2. The van der Waals surface area contributed by atoms with Crippen LogP contribution in [0.25, 0.3) is 22.1 Å². The molecule has 148 valence electrons. The Bertz CT molecular complexity index is 1130. The quantitative estimate of drug-likeness (QED) is 0.669. The average Bonchev–Trinajstić information content (AvgIpc) is 3.30. The van der Waals surface area contributed by atoms with Gasteiger partial charge in [-0.3, -0.25) is 4.79 Å². The second-order valence-corrected chi connectivity index (χ2v) is 7.47. The smallest absolute Gasteiger partial charge is 0.288 e. The zero-order valence-corrected chi connectivity index (χ0v) is 16.5. The van der Waals surface area contributed by atoms with Gasteiger partial charge in [-0.2, -0.15) is 5.26 Å². The van der Waals surface area contributed by atoms with Crippen LogP contribution in [-0.4, -0.2) is 30.3 Å². The van der Waals surface area contributed by atoms with Gasteiger partial charge >= 0.3 is 0 Å². The molecule has 29 heavy (non-hydrogen) atoms. The van der Waals surface area contributed by atoms with Gasteiger partial charge in [0.2, 0.25) is 5.76 Å². The summed E-state index contributed by atoms with van der Waals surface area (Å²) in [6.45, 7) is 0. The van der Waals surface area contributed by atoms with Crippen LogP contribution in [0.15, 0.2) is 40.8 Å². The van der Waals surface area contributed by atoms with Crippen molar-refractivity contribution in [1.29, 1.82) is 5.26 Å². The molecular formula is C22H19ClN2O4. The molecule has 1 aliphatic rings. The Morgan fingerprint density at radius 1 is 1.31 bits per heavy atom. The first-order valence-electron chi connectivity index (χ1n) is 9.30. The van der Waals surface area contributed by atoms with Gasteiger partial charge in [0, 0.05) is 22.6 Å². The number of hydrogen-bond acceptors (Lipinski definition) is 5. The number of aliphatic hydroxyl groups is 1. The molecule has 0 radical (unpaired) electrons. The van der Waals surface area contributed by atoms with Crippen molar-refractivity contribution >= 4 is 28.5 Å². The molecule has 2 N–H and O–H groups in total. The zero-order chi connectivity index (χ0) is 20.5. The summed E-state index contributed by atoms with van der Waals surface area (Å²) in [4.78, 5) is 12.7. The lowest BCUT2D eigenvalue weighted by atomic mass is 10.0. The van der Waals surface area contributed by atoms with Gasteiger partial charge in [-0.1, -0.05) is 23.7 Å². The lowest BCUT2D eigenvalue weighted by Crippen LogP contribution is -2.33. The van der Waals surface area contributed by atoms with E-state index in [1.54, 1.807) is 31.4 Å². The molecule has 1 fully saturated rings. The maximum Gasteiger partial charge on any atom is 0.288 e. The summed E-state index contributed by atoms with van der Waals surface area (Å²) in [6, 6.07) is 12.5. The van der Waals surface area contributed by atoms with Gasteiger partial charge in [0.25, 0.3) is 5.91 Å². The van der Waals surface area contributed by atoms with Gasteiger partial charge in [-0.15, -0.1) is 0 Å². The Hall–Kier alpha value is -3.01. The van der Waals surface area contributed by atoms with Crippen LogP contribution in [0.2, 0.25) is 5.02 Å². The first-order valence-corrected chi connectivity index (χ1v) is 9.68. The zero-order valence-electron chi connectivity index (χ0n) is 15.7. The molecule has 1 aromatic heterocycles. The maximum atomic E-state index is 12.7. The van der Waals surface area contributed by atoms with Crippen LogP contribution < -0.4 is 10.1 Å². The van der Waals surface area contributed by atoms with Crippen LogP contribution in [0.4, 0.5) is 0 Å². The monoisotopic (exact) mass is 410 g/mol. The van der Waals surface area contributed by atoms with Gasteiger partial charge in [0.1, 0.15) is 11.3 Å². The van der Waals surface area contributed by atoms with Crippen molar-refractivity contribution in [2.24, 2.45) is 0 Å². The van der Waals surface area contributed by atoms with E-state index in [1.807, 2.05) is 12.1 Å². The number of rotatable bonds is 4. The fourth-order valence-corrected chi connectivity index (χ4v) is 4.05. The minimum Gasteiger partial charge on any atom is -0.496 e. The summed E-state index contributed by atoms with van der Waals surface area (Å²) in [7, 11) is 1.55. The van der Waals surface area contributed by atoms with Crippen LogP contribution in [0.1, 0.15) is 35.4 Å². The Morgan fingerprint density at radius 3 is 2.83 bits per heavy atom. The lowest BCUT2D eigenvalue weighted by molar-refractivity contribution is 0.0908. The number of aliphatic hydroxyl groups excluding tert-OH is 1. The number of methoxy groups -OCH3 is 1. The van der Waals surface area contributed by atoms with E-state index >= 15 is 0 Å². The number of furan rings is 1. The third-order valence-corrected chi connectivity index (χ3v) is 5.60. The molecule has 0 spiro atoms. The number of nitrogens with one attached hydrogen (secondary N) is 1. The summed E-state index contributed by atoms with van der Waals surface area (Å²) >= 11 is 6.47. The molecule has 0 aliphatic heterocycles. The van der Waals surface area contributed by atoms with Gasteiger partial charge in [-0.25, -0.2) is 0 Å². The third kappa shape index (κ3) is 3.55. The minimum absolute atomic E-state index is 0.0333. The molecule has 2 aromatic carbocycles. The minimum atomic E-state index is -0.408. The lowest BCUT2D eigenvalue weighted by Gasteiger charge is -2.11. The first kappa shape index (κ1) is 19.3. The highest BCUT2D eigenvalue weighted by atomic mass is 35.5. The van der Waals surface area contributed by atoms with Crippen molar-refractivity contribution in [3.8, 4) is 22.9 Å². The maximum absolute atomic E-state index is 12.7. The number of carbonyl (C=O) groups is 1. The second-order valence-electron chi connectivity index (χ2n) is 7.09. The molecule has 7 heteroatoms. The standard InChI is InChI=1S/C22H19ClN2O4/c1-28-18-8-5-12(11-24)9-17(18)15-3-2-4-16-19(23)21(29-20(15)16)22(27)25-13-6-7-14(26)10-13/h2-5,8-9,13-14,26H,6-7,10H2,1H3,(H,25,27)/t13-,14+/m1/s1. The molecule has 1 aliphatic carbocycles. The Balaban J connectivity index is 1.78. The van der Waals surface area contributed by atoms with Crippen LogP contribution in [0, 0.1) is 11.3 Å². The SMILES string of the molecule is COc1ccc(C#N)cc1-c1cccc2c(Cl)c(C(=O)N[C@@H]3CC[C@H](O)C3)oc12. The highest BCUT2D eigenvalue weighted by Gasteiger charge is 2.28. The van der Waals surface area contributed by atoms with E-state index in [0.717, 1.165) is 0 Å². The van der Waals surface area contributed by atoms with Crippen LogP contribution >= 0.6 is 11.6 Å². The molecule has 0 saturated heterocycles. The Morgan fingerprint density at radius 2 is 2.14 bits per heavy atom. The van der Waals surface area contributed by atoms with E-state index in [2.05, 4.69) is 11.4 Å². The number of nitrogens with zero attached hydrogens (tertiary/aromatic N) is 1. The molecule has 1 heterocycles. The first-order chi connectivity index (χ1) is 14.0. The van der Waals surface area contributed by atoms with E-state index in [4.69, 9.17) is 20.8 Å². The molecule has 2 atom stereocenters.